The number of hydrogen-bond donors (Lipinski definition) is 1. The van der Waals surface area contributed by atoms with E-state index >= 15 is 0 Å². The topological polar surface area (TPSA) is 51.8 Å². The second kappa shape index (κ2) is 3.79. The Morgan fingerprint density at radius 1 is 1.64 bits per heavy atom. The van der Waals surface area contributed by atoms with Gasteiger partial charge >= 0.3 is 0 Å². The quantitative estimate of drug-likeness (QED) is 0.844. The summed E-state index contributed by atoms with van der Waals surface area (Å²) in [4.78, 5) is 4.18. The van der Waals surface area contributed by atoms with E-state index in [2.05, 4.69) is 23.2 Å². The van der Waals surface area contributed by atoms with Crippen molar-refractivity contribution >= 4 is 23.3 Å². The van der Waals surface area contributed by atoms with Crippen LogP contribution in [-0.2, 0) is 0 Å². The first-order valence-electron chi connectivity index (χ1n) is 4.78. The lowest BCUT2D eigenvalue weighted by atomic mass is 9.88. The molecule has 3 nitrogen and oxygen atoms in total. The van der Waals surface area contributed by atoms with Gasteiger partial charge in [-0.1, -0.05) is 25.6 Å². The van der Waals surface area contributed by atoms with E-state index in [-0.39, 0.29) is 11.5 Å². The third-order valence-corrected chi connectivity index (χ3v) is 5.08. The Hall–Kier alpha value is -0.130. The third-order valence-electron chi connectivity index (χ3n) is 2.97. The molecule has 5 heteroatoms. The highest BCUT2D eigenvalue weighted by Gasteiger charge is 2.40. The zero-order chi connectivity index (χ0) is 10.2. The molecule has 0 amide bonds. The smallest absolute Gasteiger partial charge is 0.170 e. The standard InChI is InChI=1S/C9H15N3S2/c1-9(2)4-3-6(7(9)10)13-8-11-5-12-14-8/h5-7H,3-4,10H2,1-2H3. The van der Waals surface area contributed by atoms with Crippen molar-refractivity contribution in [3.05, 3.63) is 6.33 Å². The van der Waals surface area contributed by atoms with Gasteiger partial charge in [-0.15, -0.1) is 0 Å². The highest BCUT2D eigenvalue weighted by atomic mass is 32.2. The van der Waals surface area contributed by atoms with Crippen LogP contribution in [0.25, 0.3) is 0 Å². The van der Waals surface area contributed by atoms with Crippen molar-refractivity contribution < 1.29 is 0 Å². The summed E-state index contributed by atoms with van der Waals surface area (Å²) in [6.07, 6.45) is 4.02. The van der Waals surface area contributed by atoms with Gasteiger partial charge in [0.05, 0.1) is 0 Å². The predicted molar refractivity (Wildman–Crippen MR) is 60.5 cm³/mol. The molecular weight excluding hydrogens is 214 g/mol. The Bertz CT molecular complexity index is 297. The molecule has 1 aromatic rings. The molecule has 0 spiro atoms. The summed E-state index contributed by atoms with van der Waals surface area (Å²) < 4.78 is 5.04. The molecule has 1 fully saturated rings. The van der Waals surface area contributed by atoms with Gasteiger partial charge in [0.1, 0.15) is 6.33 Å². The maximum Gasteiger partial charge on any atom is 0.170 e. The molecule has 1 heterocycles. The largest absolute Gasteiger partial charge is 0.326 e. The first kappa shape index (κ1) is 10.4. The van der Waals surface area contributed by atoms with Crippen LogP contribution < -0.4 is 5.73 Å². The van der Waals surface area contributed by atoms with Gasteiger partial charge in [0.2, 0.25) is 0 Å². The number of nitrogens with zero attached hydrogens (tertiary/aromatic N) is 2. The van der Waals surface area contributed by atoms with E-state index in [9.17, 15) is 0 Å². The molecule has 1 aliphatic carbocycles. The highest BCUT2D eigenvalue weighted by molar-refractivity contribution is 8.01. The minimum absolute atomic E-state index is 0.274. The fourth-order valence-electron chi connectivity index (χ4n) is 1.84. The molecule has 2 N–H and O–H groups in total. The fourth-order valence-corrected chi connectivity index (χ4v) is 3.91. The summed E-state index contributed by atoms with van der Waals surface area (Å²) >= 11 is 3.25. The molecule has 0 saturated heterocycles. The fraction of sp³-hybridized carbons (Fsp3) is 0.778. The maximum absolute atomic E-state index is 6.21. The molecule has 0 aromatic carbocycles. The van der Waals surface area contributed by atoms with Gasteiger partial charge in [0.15, 0.2) is 4.34 Å². The van der Waals surface area contributed by atoms with E-state index < -0.39 is 0 Å². The Kier molecular flexibility index (Phi) is 2.81. The van der Waals surface area contributed by atoms with Gasteiger partial charge in [-0.25, -0.2) is 4.98 Å². The zero-order valence-electron chi connectivity index (χ0n) is 8.43. The van der Waals surface area contributed by atoms with Crippen molar-refractivity contribution in [2.75, 3.05) is 0 Å². The van der Waals surface area contributed by atoms with Gasteiger partial charge < -0.3 is 5.73 Å². The second-order valence-corrected chi connectivity index (χ2v) is 6.68. The summed E-state index contributed by atoms with van der Waals surface area (Å²) in [6, 6.07) is 0.274. The van der Waals surface area contributed by atoms with Crippen molar-refractivity contribution in [1.82, 2.24) is 9.36 Å². The molecule has 0 aliphatic heterocycles. The molecule has 0 bridgehead atoms. The maximum atomic E-state index is 6.21. The first-order chi connectivity index (χ1) is 6.59. The lowest BCUT2D eigenvalue weighted by Crippen LogP contribution is -2.38. The molecule has 2 rings (SSSR count). The number of nitrogens with two attached hydrogens (primary N) is 1. The summed E-state index contributed by atoms with van der Waals surface area (Å²) in [5.74, 6) is 0. The summed E-state index contributed by atoms with van der Waals surface area (Å²) in [5.41, 5.74) is 6.49. The summed E-state index contributed by atoms with van der Waals surface area (Å²) in [6.45, 7) is 4.50. The van der Waals surface area contributed by atoms with Crippen LogP contribution in [0.5, 0.6) is 0 Å². The van der Waals surface area contributed by atoms with Crippen LogP contribution in [0.4, 0.5) is 0 Å². The van der Waals surface area contributed by atoms with E-state index in [1.807, 2.05) is 0 Å². The Labute approximate surface area is 92.7 Å². The average molecular weight is 229 g/mol. The van der Waals surface area contributed by atoms with E-state index in [1.165, 1.54) is 24.4 Å². The molecule has 14 heavy (non-hydrogen) atoms. The van der Waals surface area contributed by atoms with Crippen LogP contribution in [-0.4, -0.2) is 20.6 Å². The summed E-state index contributed by atoms with van der Waals surface area (Å²) in [5, 5.41) is 0.512. The number of thioether (sulfide) groups is 1. The van der Waals surface area contributed by atoms with E-state index in [0.29, 0.717) is 5.25 Å². The minimum Gasteiger partial charge on any atom is -0.326 e. The van der Waals surface area contributed by atoms with Crippen molar-refractivity contribution in [2.45, 2.75) is 42.3 Å². The molecule has 0 radical (unpaired) electrons. The zero-order valence-corrected chi connectivity index (χ0v) is 10.1. The van der Waals surface area contributed by atoms with Crippen molar-refractivity contribution in [3.63, 3.8) is 0 Å². The van der Waals surface area contributed by atoms with Gasteiger partial charge in [0.25, 0.3) is 0 Å². The molecule has 2 atom stereocenters. The minimum atomic E-state index is 0.274. The van der Waals surface area contributed by atoms with Crippen LogP contribution in [0.2, 0.25) is 0 Å². The first-order valence-corrected chi connectivity index (χ1v) is 6.44. The van der Waals surface area contributed by atoms with Gasteiger partial charge in [-0.05, 0) is 29.8 Å². The van der Waals surface area contributed by atoms with Crippen molar-refractivity contribution in [2.24, 2.45) is 11.1 Å². The molecule has 78 valence electrons. The second-order valence-electron chi connectivity index (χ2n) is 4.42. The summed E-state index contributed by atoms with van der Waals surface area (Å²) in [7, 11) is 0. The molecule has 1 aromatic heterocycles. The van der Waals surface area contributed by atoms with Crippen LogP contribution >= 0.6 is 23.3 Å². The van der Waals surface area contributed by atoms with Crippen molar-refractivity contribution in [3.8, 4) is 0 Å². The van der Waals surface area contributed by atoms with Crippen LogP contribution in [0.15, 0.2) is 10.7 Å². The predicted octanol–water partition coefficient (Wildman–Crippen LogP) is 2.15. The highest BCUT2D eigenvalue weighted by Crippen LogP contribution is 2.43. The third kappa shape index (κ3) is 1.94. The number of aromatic nitrogens is 2. The normalized spacial score (nSPS) is 30.8. The molecule has 1 aliphatic rings. The van der Waals surface area contributed by atoms with Gasteiger partial charge in [0, 0.05) is 11.3 Å². The van der Waals surface area contributed by atoms with Gasteiger partial charge in [-0.2, -0.15) is 4.37 Å². The lowest BCUT2D eigenvalue weighted by molar-refractivity contribution is 0.334. The Morgan fingerprint density at radius 3 is 2.93 bits per heavy atom. The van der Waals surface area contributed by atoms with E-state index in [1.54, 1.807) is 18.1 Å². The monoisotopic (exact) mass is 229 g/mol. The van der Waals surface area contributed by atoms with E-state index in [4.69, 9.17) is 5.73 Å². The molecule has 1 saturated carbocycles. The number of rotatable bonds is 2. The Balaban J connectivity index is 2.01. The molecular formula is C9H15N3S2. The van der Waals surface area contributed by atoms with Gasteiger partial charge in [-0.3, -0.25) is 0 Å². The van der Waals surface area contributed by atoms with E-state index in [0.717, 1.165) is 4.34 Å². The van der Waals surface area contributed by atoms with Crippen LogP contribution in [0.3, 0.4) is 0 Å². The Morgan fingerprint density at radius 2 is 2.43 bits per heavy atom. The van der Waals surface area contributed by atoms with Crippen LogP contribution in [0.1, 0.15) is 26.7 Å². The lowest BCUT2D eigenvalue weighted by Gasteiger charge is -2.25. The SMILES string of the molecule is CC1(C)CCC(Sc2ncns2)C1N. The average Bonchev–Trinajstić information content (AvgIpc) is 2.70. The number of hydrogen-bond acceptors (Lipinski definition) is 5. The van der Waals surface area contributed by atoms with Crippen molar-refractivity contribution in [1.29, 1.82) is 0 Å². The molecule has 2 unspecified atom stereocenters. The van der Waals surface area contributed by atoms with Crippen LogP contribution in [0, 0.1) is 5.41 Å².